The first-order valence-electron chi connectivity index (χ1n) is 8.47. The number of piperidine rings is 1. The van der Waals surface area contributed by atoms with Crippen LogP contribution < -0.4 is 5.32 Å². The number of aromatic nitrogens is 2. The highest BCUT2D eigenvalue weighted by Gasteiger charge is 2.33. The molecule has 1 aliphatic rings. The molecule has 1 saturated heterocycles. The second kappa shape index (κ2) is 7.89. The number of carboxylic acid groups (broad SMARTS) is 1. The number of hydrogen-bond donors (Lipinski definition) is 2. The van der Waals surface area contributed by atoms with Gasteiger partial charge >= 0.3 is 5.97 Å². The van der Waals surface area contributed by atoms with Gasteiger partial charge in [0.2, 0.25) is 15.9 Å². The number of carboxylic acids is 1. The molecule has 0 spiro atoms. The zero-order valence-electron chi connectivity index (χ0n) is 14.5. The monoisotopic (exact) mass is 392 g/mol. The summed E-state index contributed by atoms with van der Waals surface area (Å²) in [6.45, 7) is 0.162. The standard InChI is InChI=1S/C17H20N4O5S/c22-16(23)12-20-10-8-15(19-20)18-17(24)13-5-4-9-21(11-13)27(25,26)14-6-2-1-3-7-14/h1-3,6-8,10,13H,4-5,9,11-12H2,(H,22,23)(H,18,19,24). The van der Waals surface area contributed by atoms with E-state index in [1.807, 2.05) is 0 Å². The Kier molecular flexibility index (Phi) is 5.57. The van der Waals surface area contributed by atoms with Gasteiger partial charge in [0.25, 0.3) is 0 Å². The lowest BCUT2D eigenvalue weighted by Crippen LogP contribution is -2.43. The van der Waals surface area contributed by atoms with Crippen molar-refractivity contribution in [3.05, 3.63) is 42.6 Å². The van der Waals surface area contributed by atoms with E-state index < -0.39 is 21.9 Å². The van der Waals surface area contributed by atoms with Crippen LogP contribution in [-0.2, 0) is 26.2 Å². The number of carbonyl (C=O) groups excluding carboxylic acids is 1. The highest BCUT2D eigenvalue weighted by molar-refractivity contribution is 7.89. The minimum atomic E-state index is -3.64. The second-order valence-electron chi connectivity index (χ2n) is 6.30. The minimum absolute atomic E-state index is 0.0961. The Labute approximate surface area is 156 Å². The number of carbonyl (C=O) groups is 2. The maximum Gasteiger partial charge on any atom is 0.325 e. The van der Waals surface area contributed by atoms with Gasteiger partial charge in [-0.05, 0) is 25.0 Å². The number of sulfonamides is 1. The molecule has 1 aromatic heterocycles. The first kappa shape index (κ1) is 19.1. The van der Waals surface area contributed by atoms with Crippen molar-refractivity contribution in [2.75, 3.05) is 18.4 Å². The topological polar surface area (TPSA) is 122 Å². The lowest BCUT2D eigenvalue weighted by atomic mass is 9.99. The Morgan fingerprint density at radius 3 is 2.67 bits per heavy atom. The fraction of sp³-hybridized carbons (Fsp3) is 0.353. The highest BCUT2D eigenvalue weighted by atomic mass is 32.2. The molecule has 1 atom stereocenters. The Balaban J connectivity index is 1.66. The first-order chi connectivity index (χ1) is 12.9. The zero-order chi connectivity index (χ0) is 19.4. The molecule has 1 unspecified atom stereocenters. The average molecular weight is 392 g/mol. The molecule has 1 aliphatic heterocycles. The lowest BCUT2D eigenvalue weighted by Gasteiger charge is -2.31. The first-order valence-corrected chi connectivity index (χ1v) is 9.91. The van der Waals surface area contributed by atoms with Gasteiger partial charge in [0.15, 0.2) is 5.82 Å². The number of nitrogens with zero attached hydrogens (tertiary/aromatic N) is 3. The number of rotatable bonds is 6. The average Bonchev–Trinajstić information content (AvgIpc) is 3.08. The fourth-order valence-corrected chi connectivity index (χ4v) is 4.54. The molecule has 0 saturated carbocycles. The van der Waals surface area contributed by atoms with Gasteiger partial charge in [0, 0.05) is 25.4 Å². The number of aliphatic carboxylic acids is 1. The smallest absolute Gasteiger partial charge is 0.325 e. The van der Waals surface area contributed by atoms with Crippen LogP contribution in [-0.4, -0.2) is 52.6 Å². The third-order valence-electron chi connectivity index (χ3n) is 4.33. The van der Waals surface area contributed by atoms with Crippen LogP contribution >= 0.6 is 0 Å². The van der Waals surface area contributed by atoms with E-state index in [-0.39, 0.29) is 29.7 Å². The molecule has 1 aromatic carbocycles. The van der Waals surface area contributed by atoms with E-state index in [0.717, 1.165) is 0 Å². The van der Waals surface area contributed by atoms with Gasteiger partial charge in [-0.2, -0.15) is 9.40 Å². The summed E-state index contributed by atoms with van der Waals surface area (Å²) in [6, 6.07) is 9.64. The van der Waals surface area contributed by atoms with Crippen molar-refractivity contribution >= 4 is 27.7 Å². The van der Waals surface area contributed by atoms with Crippen molar-refractivity contribution in [1.29, 1.82) is 0 Å². The summed E-state index contributed by atoms with van der Waals surface area (Å²) in [6.07, 6.45) is 2.61. The van der Waals surface area contributed by atoms with Crippen LogP contribution in [0.15, 0.2) is 47.5 Å². The summed E-state index contributed by atoms with van der Waals surface area (Å²) in [5.74, 6) is -1.63. The number of amides is 1. The maximum absolute atomic E-state index is 12.7. The van der Waals surface area contributed by atoms with Crippen LogP contribution in [0.25, 0.3) is 0 Å². The van der Waals surface area contributed by atoms with Gasteiger partial charge in [0.05, 0.1) is 10.8 Å². The highest BCUT2D eigenvalue weighted by Crippen LogP contribution is 2.24. The molecule has 10 heteroatoms. The van der Waals surface area contributed by atoms with Gasteiger partial charge in [0.1, 0.15) is 6.54 Å². The molecule has 144 valence electrons. The Hall–Kier alpha value is -2.72. The van der Waals surface area contributed by atoms with E-state index in [4.69, 9.17) is 5.11 Å². The quantitative estimate of drug-likeness (QED) is 0.757. The number of nitrogens with one attached hydrogen (secondary N) is 1. The molecule has 27 heavy (non-hydrogen) atoms. The van der Waals surface area contributed by atoms with Crippen molar-refractivity contribution in [3.8, 4) is 0 Å². The molecule has 1 amide bonds. The second-order valence-corrected chi connectivity index (χ2v) is 8.23. The van der Waals surface area contributed by atoms with E-state index in [0.29, 0.717) is 19.4 Å². The Morgan fingerprint density at radius 1 is 1.22 bits per heavy atom. The number of anilines is 1. The van der Waals surface area contributed by atoms with E-state index in [1.165, 1.54) is 33.4 Å². The van der Waals surface area contributed by atoms with Crippen molar-refractivity contribution in [3.63, 3.8) is 0 Å². The summed E-state index contributed by atoms with van der Waals surface area (Å²) in [7, 11) is -3.64. The largest absolute Gasteiger partial charge is 0.480 e. The van der Waals surface area contributed by atoms with Gasteiger partial charge in [-0.3, -0.25) is 14.3 Å². The van der Waals surface area contributed by atoms with E-state index in [9.17, 15) is 18.0 Å². The summed E-state index contributed by atoms with van der Waals surface area (Å²) < 4.78 is 28.0. The predicted molar refractivity (Wildman–Crippen MR) is 96.4 cm³/mol. The third-order valence-corrected chi connectivity index (χ3v) is 6.20. The summed E-state index contributed by atoms with van der Waals surface area (Å²) in [5, 5.41) is 15.4. The molecular formula is C17H20N4O5S. The van der Waals surface area contributed by atoms with E-state index >= 15 is 0 Å². The van der Waals surface area contributed by atoms with Gasteiger partial charge in [-0.15, -0.1) is 0 Å². The predicted octanol–water partition coefficient (Wildman–Crippen LogP) is 1.01. The molecule has 9 nitrogen and oxygen atoms in total. The van der Waals surface area contributed by atoms with Crippen molar-refractivity contribution in [2.24, 2.45) is 5.92 Å². The Bertz CT molecular complexity index is 926. The van der Waals surface area contributed by atoms with Crippen LogP contribution in [0.4, 0.5) is 5.82 Å². The molecule has 2 N–H and O–H groups in total. The van der Waals surface area contributed by atoms with E-state index in [1.54, 1.807) is 18.2 Å². The summed E-state index contributed by atoms with van der Waals surface area (Å²) in [5.41, 5.74) is 0. The number of hydrogen-bond acceptors (Lipinski definition) is 5. The fourth-order valence-electron chi connectivity index (χ4n) is 3.00. The van der Waals surface area contributed by atoms with Gasteiger partial charge in [-0.25, -0.2) is 8.42 Å². The van der Waals surface area contributed by atoms with Crippen molar-refractivity contribution in [2.45, 2.75) is 24.3 Å². The molecule has 0 radical (unpaired) electrons. The molecule has 3 rings (SSSR count). The molecule has 2 heterocycles. The summed E-state index contributed by atoms with van der Waals surface area (Å²) in [4.78, 5) is 23.4. The van der Waals surface area contributed by atoms with E-state index in [2.05, 4.69) is 10.4 Å². The van der Waals surface area contributed by atoms with Gasteiger partial charge < -0.3 is 10.4 Å². The van der Waals surface area contributed by atoms with Crippen molar-refractivity contribution < 1.29 is 23.1 Å². The molecule has 0 bridgehead atoms. The van der Waals surface area contributed by atoms with Crippen LogP contribution in [0.1, 0.15) is 12.8 Å². The molecular weight excluding hydrogens is 372 g/mol. The Morgan fingerprint density at radius 2 is 1.96 bits per heavy atom. The minimum Gasteiger partial charge on any atom is -0.480 e. The van der Waals surface area contributed by atoms with Crippen LogP contribution in [0.3, 0.4) is 0 Å². The van der Waals surface area contributed by atoms with Crippen LogP contribution in [0.5, 0.6) is 0 Å². The maximum atomic E-state index is 12.7. The third kappa shape index (κ3) is 4.52. The molecule has 0 aliphatic carbocycles. The van der Waals surface area contributed by atoms with Gasteiger partial charge in [-0.1, -0.05) is 18.2 Å². The summed E-state index contributed by atoms with van der Waals surface area (Å²) >= 11 is 0. The zero-order valence-corrected chi connectivity index (χ0v) is 15.3. The SMILES string of the molecule is O=C(O)Cn1ccc(NC(=O)C2CCCN(S(=O)(=O)c3ccccc3)C2)n1. The lowest BCUT2D eigenvalue weighted by molar-refractivity contribution is -0.137. The number of benzene rings is 1. The molecule has 1 fully saturated rings. The van der Waals surface area contributed by atoms with Crippen molar-refractivity contribution in [1.82, 2.24) is 14.1 Å². The van der Waals surface area contributed by atoms with Crippen LogP contribution in [0.2, 0.25) is 0 Å². The van der Waals surface area contributed by atoms with Crippen LogP contribution in [0, 0.1) is 5.92 Å². The normalized spacial score (nSPS) is 18.1. The molecule has 2 aromatic rings.